The van der Waals surface area contributed by atoms with Gasteiger partial charge in [-0.05, 0) is 39.2 Å². The summed E-state index contributed by atoms with van der Waals surface area (Å²) in [5, 5.41) is 0. The van der Waals surface area contributed by atoms with Gasteiger partial charge in [-0.25, -0.2) is 15.0 Å². The fourth-order valence-electron chi connectivity index (χ4n) is 2.48. The molecule has 138 valence electrons. The van der Waals surface area contributed by atoms with E-state index in [1.54, 1.807) is 4.90 Å². The van der Waals surface area contributed by atoms with Crippen LogP contribution in [0, 0.1) is 0 Å². The van der Waals surface area contributed by atoms with Crippen LogP contribution in [0.1, 0.15) is 39.2 Å². The summed E-state index contributed by atoms with van der Waals surface area (Å²) in [6, 6.07) is 9.70. The molecule has 0 saturated carbocycles. The number of ether oxygens (including phenoxy) is 2. The minimum atomic E-state index is -0.530. The molecule has 2 amide bonds. The Morgan fingerprint density at radius 1 is 1.16 bits per heavy atom. The van der Waals surface area contributed by atoms with Crippen LogP contribution in [0.4, 0.5) is 9.59 Å². The molecule has 2 N–H and O–H groups in total. The number of hydrogen-bond donors (Lipinski definition) is 2. The van der Waals surface area contributed by atoms with Gasteiger partial charge in [0.15, 0.2) is 0 Å². The Hall–Kier alpha value is -2.28. The molecule has 1 aliphatic rings. The summed E-state index contributed by atoms with van der Waals surface area (Å²) in [4.78, 5) is 25.4. The molecule has 25 heavy (non-hydrogen) atoms. The van der Waals surface area contributed by atoms with Crippen LogP contribution in [-0.2, 0) is 16.1 Å². The molecule has 7 nitrogen and oxygen atoms in total. The summed E-state index contributed by atoms with van der Waals surface area (Å²) in [6.07, 6.45) is 0.659. The third kappa shape index (κ3) is 7.01. The van der Waals surface area contributed by atoms with E-state index in [-0.39, 0.29) is 18.7 Å². The highest BCUT2D eigenvalue weighted by atomic mass is 16.6. The first-order valence-corrected chi connectivity index (χ1v) is 8.53. The summed E-state index contributed by atoms with van der Waals surface area (Å²) < 4.78 is 10.5. The first kappa shape index (κ1) is 19.1. The third-order valence-electron chi connectivity index (χ3n) is 3.74. The maximum absolute atomic E-state index is 12.1. The molecule has 1 heterocycles. The third-order valence-corrected chi connectivity index (χ3v) is 3.74. The maximum Gasteiger partial charge on any atom is 0.422 e. The van der Waals surface area contributed by atoms with Gasteiger partial charge in [0.1, 0.15) is 12.2 Å². The van der Waals surface area contributed by atoms with Gasteiger partial charge < -0.3 is 14.4 Å². The molecule has 1 aliphatic heterocycles. The second-order valence-electron chi connectivity index (χ2n) is 7.07. The number of hydrazine groups is 1. The quantitative estimate of drug-likeness (QED) is 0.817. The maximum atomic E-state index is 12.1. The van der Waals surface area contributed by atoms with Crippen molar-refractivity contribution in [1.29, 1.82) is 0 Å². The lowest BCUT2D eigenvalue weighted by molar-refractivity contribution is 0.0467. The van der Waals surface area contributed by atoms with Crippen molar-refractivity contribution in [3.05, 3.63) is 35.9 Å². The largest absolute Gasteiger partial charge is 0.445 e. The van der Waals surface area contributed by atoms with Gasteiger partial charge in [-0.15, -0.1) is 0 Å². The van der Waals surface area contributed by atoms with Crippen molar-refractivity contribution < 1.29 is 19.1 Å². The highest BCUT2D eigenvalue weighted by molar-refractivity contribution is 5.68. The van der Waals surface area contributed by atoms with Crippen molar-refractivity contribution in [2.24, 2.45) is 0 Å². The number of benzene rings is 1. The summed E-state index contributed by atoms with van der Waals surface area (Å²) in [7, 11) is 0. The van der Waals surface area contributed by atoms with E-state index in [2.05, 4.69) is 10.9 Å². The standard InChI is InChI=1S/C18H27N3O4/c1-18(2,3)25-16(22)20-19-15-9-11-21(12-10-15)17(23)24-13-14-7-5-4-6-8-14/h4-8,15,19H,9-13H2,1-3H3,(H,20,22). The van der Waals surface area contributed by atoms with Gasteiger partial charge >= 0.3 is 12.2 Å². The smallest absolute Gasteiger partial charge is 0.422 e. The van der Waals surface area contributed by atoms with Crippen LogP contribution < -0.4 is 10.9 Å². The van der Waals surface area contributed by atoms with Gasteiger partial charge in [0.2, 0.25) is 0 Å². The van der Waals surface area contributed by atoms with E-state index < -0.39 is 11.7 Å². The van der Waals surface area contributed by atoms with E-state index >= 15 is 0 Å². The second-order valence-corrected chi connectivity index (χ2v) is 7.07. The lowest BCUT2D eigenvalue weighted by atomic mass is 10.1. The molecule has 1 aromatic carbocycles. The van der Waals surface area contributed by atoms with E-state index in [4.69, 9.17) is 9.47 Å². The molecule has 0 radical (unpaired) electrons. The van der Waals surface area contributed by atoms with Crippen LogP contribution >= 0.6 is 0 Å². The summed E-state index contributed by atoms with van der Waals surface area (Å²) in [5.74, 6) is 0. The van der Waals surface area contributed by atoms with Crippen molar-refractivity contribution in [2.75, 3.05) is 13.1 Å². The zero-order chi connectivity index (χ0) is 18.3. The first-order chi connectivity index (χ1) is 11.8. The first-order valence-electron chi connectivity index (χ1n) is 8.53. The Morgan fingerprint density at radius 3 is 2.40 bits per heavy atom. The van der Waals surface area contributed by atoms with Gasteiger partial charge in [0.05, 0.1) is 0 Å². The molecular weight excluding hydrogens is 322 g/mol. The van der Waals surface area contributed by atoms with E-state index in [0.717, 1.165) is 18.4 Å². The number of rotatable bonds is 4. The number of likely N-dealkylation sites (tertiary alicyclic amines) is 1. The average Bonchev–Trinajstić information content (AvgIpc) is 2.58. The Bertz CT molecular complexity index is 563. The van der Waals surface area contributed by atoms with E-state index in [0.29, 0.717) is 13.1 Å². The zero-order valence-corrected chi connectivity index (χ0v) is 15.1. The van der Waals surface area contributed by atoms with Gasteiger partial charge in [-0.2, -0.15) is 0 Å². The molecular formula is C18H27N3O4. The number of carbonyl (C=O) groups is 2. The highest BCUT2D eigenvalue weighted by Crippen LogP contribution is 2.12. The highest BCUT2D eigenvalue weighted by Gasteiger charge is 2.24. The van der Waals surface area contributed by atoms with Crippen molar-refractivity contribution in [3.8, 4) is 0 Å². The van der Waals surface area contributed by atoms with Crippen molar-refractivity contribution in [2.45, 2.75) is 51.9 Å². The van der Waals surface area contributed by atoms with Gasteiger partial charge in [0.25, 0.3) is 0 Å². The normalized spacial score (nSPS) is 15.6. The molecule has 2 rings (SSSR count). The van der Waals surface area contributed by atoms with E-state index in [1.165, 1.54) is 0 Å². The summed E-state index contributed by atoms with van der Waals surface area (Å²) >= 11 is 0. The molecule has 1 saturated heterocycles. The monoisotopic (exact) mass is 349 g/mol. The fraction of sp³-hybridized carbons (Fsp3) is 0.556. The summed E-state index contributed by atoms with van der Waals surface area (Å²) in [5.41, 5.74) is 5.95. The summed E-state index contributed by atoms with van der Waals surface area (Å²) in [6.45, 7) is 6.88. The minimum Gasteiger partial charge on any atom is -0.445 e. The predicted octanol–water partition coefficient (Wildman–Crippen LogP) is 2.82. The van der Waals surface area contributed by atoms with Crippen LogP contribution in [0.15, 0.2) is 30.3 Å². The molecule has 1 aromatic rings. The van der Waals surface area contributed by atoms with Crippen LogP contribution in [0.25, 0.3) is 0 Å². The van der Waals surface area contributed by atoms with Gasteiger partial charge in [-0.3, -0.25) is 5.43 Å². The fourth-order valence-corrected chi connectivity index (χ4v) is 2.48. The van der Waals surface area contributed by atoms with Crippen LogP contribution in [-0.4, -0.2) is 41.8 Å². The lowest BCUT2D eigenvalue weighted by Crippen LogP contribution is -2.51. The predicted molar refractivity (Wildman–Crippen MR) is 93.7 cm³/mol. The van der Waals surface area contributed by atoms with Crippen molar-refractivity contribution >= 4 is 12.2 Å². The Labute approximate surface area is 148 Å². The number of nitrogens with one attached hydrogen (secondary N) is 2. The molecule has 0 atom stereocenters. The second kappa shape index (κ2) is 8.71. The number of amides is 2. The minimum absolute atomic E-state index is 0.102. The zero-order valence-electron chi connectivity index (χ0n) is 15.1. The van der Waals surface area contributed by atoms with Crippen molar-refractivity contribution in [3.63, 3.8) is 0 Å². The molecule has 1 fully saturated rings. The Kier molecular flexibility index (Phi) is 6.64. The van der Waals surface area contributed by atoms with Gasteiger partial charge in [0, 0.05) is 19.1 Å². The van der Waals surface area contributed by atoms with Gasteiger partial charge in [-0.1, -0.05) is 30.3 Å². The van der Waals surface area contributed by atoms with E-state index in [9.17, 15) is 9.59 Å². The number of nitrogens with zero attached hydrogens (tertiary/aromatic N) is 1. The van der Waals surface area contributed by atoms with Crippen LogP contribution in [0.3, 0.4) is 0 Å². The topological polar surface area (TPSA) is 79.9 Å². The Balaban J connectivity index is 1.65. The Morgan fingerprint density at radius 2 is 1.80 bits per heavy atom. The SMILES string of the molecule is CC(C)(C)OC(=O)NNC1CCN(C(=O)OCc2ccccc2)CC1. The number of hydrogen-bond acceptors (Lipinski definition) is 5. The molecule has 0 aromatic heterocycles. The molecule has 0 aliphatic carbocycles. The lowest BCUT2D eigenvalue weighted by Gasteiger charge is -2.32. The van der Waals surface area contributed by atoms with Crippen LogP contribution in [0.2, 0.25) is 0 Å². The molecule has 7 heteroatoms. The molecule has 0 unspecified atom stereocenters. The number of piperidine rings is 1. The van der Waals surface area contributed by atoms with Crippen molar-refractivity contribution in [1.82, 2.24) is 15.8 Å². The molecule has 0 bridgehead atoms. The van der Waals surface area contributed by atoms with Crippen LogP contribution in [0.5, 0.6) is 0 Å². The average molecular weight is 349 g/mol. The number of carbonyl (C=O) groups excluding carboxylic acids is 2. The molecule has 0 spiro atoms. The van der Waals surface area contributed by atoms with E-state index in [1.807, 2.05) is 51.1 Å².